The van der Waals surface area contributed by atoms with Crippen molar-refractivity contribution in [1.29, 1.82) is 0 Å². The first-order valence-electron chi connectivity index (χ1n) is 9.01. The van der Waals surface area contributed by atoms with Crippen LogP contribution in [0.3, 0.4) is 0 Å². The third-order valence-corrected chi connectivity index (χ3v) is 7.36. The van der Waals surface area contributed by atoms with E-state index < -0.39 is 0 Å². The van der Waals surface area contributed by atoms with Crippen LogP contribution < -0.4 is 0 Å². The van der Waals surface area contributed by atoms with E-state index in [0.717, 1.165) is 8.95 Å². The highest BCUT2D eigenvalue weighted by Crippen LogP contribution is 2.59. The summed E-state index contributed by atoms with van der Waals surface area (Å²) in [4.78, 5) is 0. The zero-order valence-electron chi connectivity index (χ0n) is 15.4. The maximum Gasteiger partial charge on any atom is 0.0178 e. The van der Waals surface area contributed by atoms with E-state index in [-0.39, 0.29) is 10.8 Å². The Labute approximate surface area is 171 Å². The van der Waals surface area contributed by atoms with Crippen molar-refractivity contribution in [1.82, 2.24) is 0 Å². The standard InChI is InChI=1S/C24H20Br2/c1-23(2)18-10-9-16-15-7-5-13(25)11-19(15)24(3,4)22(16)21(18)17-8-6-14(26)12-20(17)23/h5-12H,1-4H3. The Kier molecular flexibility index (Phi) is 3.30. The molecular weight excluding hydrogens is 448 g/mol. The van der Waals surface area contributed by atoms with E-state index in [9.17, 15) is 0 Å². The maximum absolute atomic E-state index is 3.67. The Morgan fingerprint density at radius 2 is 1.12 bits per heavy atom. The molecule has 0 fully saturated rings. The summed E-state index contributed by atoms with van der Waals surface area (Å²) in [6.45, 7) is 9.44. The number of halogens is 2. The van der Waals surface area contributed by atoms with Crippen molar-refractivity contribution in [3.63, 3.8) is 0 Å². The highest BCUT2D eigenvalue weighted by molar-refractivity contribution is 9.10. The summed E-state index contributed by atoms with van der Waals surface area (Å²) in [5, 5.41) is 0. The Morgan fingerprint density at radius 1 is 0.577 bits per heavy atom. The normalized spacial score (nSPS) is 17.5. The Bertz CT molecular complexity index is 1100. The summed E-state index contributed by atoms with van der Waals surface area (Å²) in [6.07, 6.45) is 0. The monoisotopic (exact) mass is 466 g/mol. The molecule has 0 spiro atoms. The fourth-order valence-electron chi connectivity index (χ4n) is 5.08. The molecule has 0 radical (unpaired) electrons. The van der Waals surface area contributed by atoms with E-state index in [1.807, 2.05) is 0 Å². The van der Waals surface area contributed by atoms with Crippen molar-refractivity contribution in [2.45, 2.75) is 38.5 Å². The predicted octanol–water partition coefficient (Wildman–Crippen LogP) is 7.82. The Balaban J connectivity index is 1.91. The van der Waals surface area contributed by atoms with Crippen LogP contribution in [0.4, 0.5) is 0 Å². The van der Waals surface area contributed by atoms with E-state index in [1.165, 1.54) is 44.5 Å². The van der Waals surface area contributed by atoms with Gasteiger partial charge in [-0.05, 0) is 68.8 Å². The van der Waals surface area contributed by atoms with Crippen molar-refractivity contribution in [3.8, 4) is 22.3 Å². The molecule has 0 saturated heterocycles. The Morgan fingerprint density at radius 3 is 1.77 bits per heavy atom. The van der Waals surface area contributed by atoms with Crippen molar-refractivity contribution < 1.29 is 0 Å². The zero-order valence-corrected chi connectivity index (χ0v) is 18.5. The van der Waals surface area contributed by atoms with E-state index in [2.05, 4.69) is 108 Å². The first kappa shape index (κ1) is 16.8. The lowest BCUT2D eigenvalue weighted by atomic mass is 9.77. The summed E-state index contributed by atoms with van der Waals surface area (Å²) in [5.41, 5.74) is 11.4. The van der Waals surface area contributed by atoms with Crippen LogP contribution in [0, 0.1) is 0 Å². The highest BCUT2D eigenvalue weighted by atomic mass is 79.9. The number of benzene rings is 3. The molecule has 26 heavy (non-hydrogen) atoms. The van der Waals surface area contributed by atoms with Crippen molar-refractivity contribution >= 4 is 31.9 Å². The molecule has 0 unspecified atom stereocenters. The average molecular weight is 468 g/mol. The van der Waals surface area contributed by atoms with Gasteiger partial charge in [-0.25, -0.2) is 0 Å². The first-order valence-corrected chi connectivity index (χ1v) is 10.6. The van der Waals surface area contributed by atoms with Crippen LogP contribution in [0.5, 0.6) is 0 Å². The van der Waals surface area contributed by atoms with Gasteiger partial charge in [-0.15, -0.1) is 0 Å². The topological polar surface area (TPSA) is 0 Å². The molecule has 3 aromatic carbocycles. The number of hydrogen-bond donors (Lipinski definition) is 0. The van der Waals surface area contributed by atoms with Gasteiger partial charge in [-0.1, -0.05) is 83.8 Å². The van der Waals surface area contributed by atoms with Gasteiger partial charge < -0.3 is 0 Å². The van der Waals surface area contributed by atoms with Gasteiger partial charge in [0.15, 0.2) is 0 Å². The molecule has 0 saturated carbocycles. The molecule has 0 nitrogen and oxygen atoms in total. The molecule has 2 aliphatic carbocycles. The lowest BCUT2D eigenvalue weighted by Gasteiger charge is -2.26. The second kappa shape index (κ2) is 5.11. The lowest BCUT2D eigenvalue weighted by molar-refractivity contribution is 0.647. The second-order valence-electron chi connectivity index (χ2n) is 8.54. The molecule has 0 atom stereocenters. The predicted molar refractivity (Wildman–Crippen MR) is 117 cm³/mol. The van der Waals surface area contributed by atoms with Crippen molar-refractivity contribution in [3.05, 3.63) is 79.7 Å². The maximum atomic E-state index is 3.67. The minimum atomic E-state index is -0.00937. The van der Waals surface area contributed by atoms with E-state index in [0.29, 0.717) is 0 Å². The number of hydrogen-bond acceptors (Lipinski definition) is 0. The Hall–Kier alpha value is -1.38. The molecule has 0 heterocycles. The first-order chi connectivity index (χ1) is 12.2. The van der Waals surface area contributed by atoms with Gasteiger partial charge in [0.25, 0.3) is 0 Å². The second-order valence-corrected chi connectivity index (χ2v) is 10.4. The highest BCUT2D eigenvalue weighted by Gasteiger charge is 2.44. The largest absolute Gasteiger partial charge is 0.0569 e. The molecular formula is C24H20Br2. The molecule has 0 amide bonds. The average Bonchev–Trinajstić information content (AvgIpc) is 2.94. The van der Waals surface area contributed by atoms with Crippen LogP contribution in [-0.4, -0.2) is 0 Å². The van der Waals surface area contributed by atoms with Crippen molar-refractivity contribution in [2.75, 3.05) is 0 Å². The van der Waals surface area contributed by atoms with Crippen LogP contribution in [0.2, 0.25) is 0 Å². The van der Waals surface area contributed by atoms with Gasteiger partial charge in [0.1, 0.15) is 0 Å². The lowest BCUT2D eigenvalue weighted by Crippen LogP contribution is -2.18. The van der Waals surface area contributed by atoms with Crippen LogP contribution >= 0.6 is 31.9 Å². The van der Waals surface area contributed by atoms with E-state index in [1.54, 1.807) is 0 Å². The fraction of sp³-hybridized carbons (Fsp3) is 0.250. The summed E-state index contributed by atoms with van der Waals surface area (Å²) in [7, 11) is 0. The molecule has 2 heteroatoms. The fourth-order valence-corrected chi connectivity index (χ4v) is 5.80. The van der Waals surface area contributed by atoms with Gasteiger partial charge in [0.2, 0.25) is 0 Å². The van der Waals surface area contributed by atoms with Gasteiger partial charge in [-0.3, -0.25) is 0 Å². The van der Waals surface area contributed by atoms with E-state index >= 15 is 0 Å². The van der Waals surface area contributed by atoms with Gasteiger partial charge in [-0.2, -0.15) is 0 Å². The van der Waals surface area contributed by atoms with Crippen LogP contribution in [0.25, 0.3) is 22.3 Å². The molecule has 130 valence electrons. The molecule has 0 bridgehead atoms. The van der Waals surface area contributed by atoms with Gasteiger partial charge in [0, 0.05) is 19.8 Å². The minimum absolute atomic E-state index is 0.00937. The molecule has 0 N–H and O–H groups in total. The third kappa shape index (κ3) is 1.95. The molecule has 3 aromatic rings. The molecule has 0 aromatic heterocycles. The smallest absolute Gasteiger partial charge is 0.0178 e. The minimum Gasteiger partial charge on any atom is -0.0569 e. The summed E-state index contributed by atoms with van der Waals surface area (Å²) >= 11 is 7.34. The molecule has 0 aliphatic heterocycles. The summed E-state index contributed by atoms with van der Waals surface area (Å²) < 4.78 is 2.30. The summed E-state index contributed by atoms with van der Waals surface area (Å²) in [6, 6.07) is 18.2. The number of fused-ring (bicyclic) bond motifs is 7. The van der Waals surface area contributed by atoms with Crippen molar-refractivity contribution in [2.24, 2.45) is 0 Å². The third-order valence-electron chi connectivity index (χ3n) is 6.37. The summed E-state index contributed by atoms with van der Waals surface area (Å²) in [5.74, 6) is 0. The van der Waals surface area contributed by atoms with Gasteiger partial charge >= 0.3 is 0 Å². The van der Waals surface area contributed by atoms with Crippen LogP contribution in [-0.2, 0) is 10.8 Å². The zero-order chi connectivity index (χ0) is 18.4. The molecule has 5 rings (SSSR count). The van der Waals surface area contributed by atoms with Gasteiger partial charge in [0.05, 0.1) is 0 Å². The van der Waals surface area contributed by atoms with Crippen LogP contribution in [0.15, 0.2) is 57.5 Å². The molecule has 2 aliphatic rings. The number of rotatable bonds is 0. The van der Waals surface area contributed by atoms with Crippen LogP contribution in [0.1, 0.15) is 49.9 Å². The quantitative estimate of drug-likeness (QED) is 0.316. The van der Waals surface area contributed by atoms with E-state index in [4.69, 9.17) is 0 Å². The SMILES string of the molecule is CC1(C)c2cc(Br)ccc2-c2c1ccc1c2C(C)(C)c2cc(Br)ccc2-1.